The predicted octanol–water partition coefficient (Wildman–Crippen LogP) is 3.50. The van der Waals surface area contributed by atoms with E-state index in [0.29, 0.717) is 0 Å². The fourth-order valence-electron chi connectivity index (χ4n) is 1.89. The van der Waals surface area contributed by atoms with E-state index in [1.54, 1.807) is 0 Å². The molecule has 0 fully saturated rings. The summed E-state index contributed by atoms with van der Waals surface area (Å²) in [4.78, 5) is 16.3. The monoisotopic (exact) mass is 304 g/mol. The lowest BCUT2D eigenvalue weighted by molar-refractivity contribution is 0.0950. The molecule has 0 aliphatic rings. The molecule has 0 saturated carbocycles. The topological polar surface area (TPSA) is 42.0 Å². The second-order valence-corrected chi connectivity index (χ2v) is 5.50. The standard InChI is InChI=1S/C15H10F2N2OS/c16-10-6-5-9(7-11(10)17)15(20)18-8-14-19-12-3-1-2-4-13(12)21-14/h1-7H,8H2,(H,18,20). The van der Waals surface area contributed by atoms with Crippen LogP contribution < -0.4 is 5.32 Å². The maximum atomic E-state index is 13.1. The average Bonchev–Trinajstić information content (AvgIpc) is 2.90. The number of carbonyl (C=O) groups excluding carboxylic acids is 1. The average molecular weight is 304 g/mol. The van der Waals surface area contributed by atoms with Gasteiger partial charge in [0, 0.05) is 5.56 Å². The Labute approximate surface area is 123 Å². The van der Waals surface area contributed by atoms with Gasteiger partial charge in [0.05, 0.1) is 16.8 Å². The van der Waals surface area contributed by atoms with Gasteiger partial charge < -0.3 is 5.32 Å². The second-order valence-electron chi connectivity index (χ2n) is 4.39. The van der Waals surface area contributed by atoms with E-state index in [4.69, 9.17) is 0 Å². The number of nitrogens with one attached hydrogen (secondary N) is 1. The molecule has 3 aromatic rings. The van der Waals surface area contributed by atoms with Crippen LogP contribution in [0.15, 0.2) is 42.5 Å². The first-order valence-corrected chi connectivity index (χ1v) is 7.03. The van der Waals surface area contributed by atoms with Gasteiger partial charge in [-0.05, 0) is 30.3 Å². The van der Waals surface area contributed by atoms with Gasteiger partial charge in [0.2, 0.25) is 0 Å². The summed E-state index contributed by atoms with van der Waals surface area (Å²) in [6, 6.07) is 10.7. The molecule has 0 aliphatic carbocycles. The third kappa shape index (κ3) is 2.90. The van der Waals surface area contributed by atoms with E-state index < -0.39 is 17.5 Å². The van der Waals surface area contributed by atoms with Crippen LogP contribution in [0.1, 0.15) is 15.4 Å². The number of thiazole rings is 1. The third-order valence-corrected chi connectivity index (χ3v) is 3.96. The van der Waals surface area contributed by atoms with Crippen molar-refractivity contribution in [3.8, 4) is 0 Å². The largest absolute Gasteiger partial charge is 0.346 e. The van der Waals surface area contributed by atoms with Crippen molar-refractivity contribution in [2.45, 2.75) is 6.54 Å². The Hall–Kier alpha value is -2.34. The molecular weight excluding hydrogens is 294 g/mol. The normalized spacial score (nSPS) is 10.8. The van der Waals surface area contributed by atoms with Crippen molar-refractivity contribution in [2.24, 2.45) is 0 Å². The number of aromatic nitrogens is 1. The third-order valence-electron chi connectivity index (χ3n) is 2.92. The number of benzene rings is 2. The molecule has 0 aliphatic heterocycles. The van der Waals surface area contributed by atoms with E-state index in [2.05, 4.69) is 10.3 Å². The summed E-state index contributed by atoms with van der Waals surface area (Å²) in [6.45, 7) is 0.247. The van der Waals surface area contributed by atoms with Crippen molar-refractivity contribution in [1.82, 2.24) is 10.3 Å². The van der Waals surface area contributed by atoms with Gasteiger partial charge in [-0.3, -0.25) is 4.79 Å². The first kappa shape index (κ1) is 13.6. The fourth-order valence-corrected chi connectivity index (χ4v) is 2.80. The summed E-state index contributed by atoms with van der Waals surface area (Å²) in [7, 11) is 0. The summed E-state index contributed by atoms with van der Waals surface area (Å²) in [5, 5.41) is 3.40. The van der Waals surface area contributed by atoms with Crippen molar-refractivity contribution in [3.63, 3.8) is 0 Å². The van der Waals surface area contributed by atoms with Crippen LogP contribution in [0.4, 0.5) is 8.78 Å². The zero-order valence-electron chi connectivity index (χ0n) is 10.8. The molecule has 2 aromatic carbocycles. The molecular formula is C15H10F2N2OS. The van der Waals surface area contributed by atoms with Gasteiger partial charge in [0.25, 0.3) is 5.91 Å². The number of hydrogen-bond donors (Lipinski definition) is 1. The van der Waals surface area contributed by atoms with Crippen molar-refractivity contribution >= 4 is 27.5 Å². The quantitative estimate of drug-likeness (QED) is 0.804. The summed E-state index contributed by atoms with van der Waals surface area (Å²) in [6.07, 6.45) is 0. The van der Waals surface area contributed by atoms with E-state index >= 15 is 0 Å². The van der Waals surface area contributed by atoms with Gasteiger partial charge in [-0.15, -0.1) is 11.3 Å². The molecule has 0 radical (unpaired) electrons. The van der Waals surface area contributed by atoms with Crippen LogP contribution in [0, 0.1) is 11.6 Å². The molecule has 1 N–H and O–H groups in total. The fraction of sp³-hybridized carbons (Fsp3) is 0.0667. The lowest BCUT2D eigenvalue weighted by Crippen LogP contribution is -2.22. The van der Waals surface area contributed by atoms with Gasteiger partial charge in [0.1, 0.15) is 5.01 Å². The molecule has 0 unspecified atom stereocenters. The van der Waals surface area contributed by atoms with E-state index in [-0.39, 0.29) is 12.1 Å². The molecule has 0 bridgehead atoms. The van der Waals surface area contributed by atoms with Gasteiger partial charge in [0.15, 0.2) is 11.6 Å². The smallest absolute Gasteiger partial charge is 0.251 e. The first-order valence-electron chi connectivity index (χ1n) is 6.21. The van der Waals surface area contributed by atoms with Crippen molar-refractivity contribution in [2.75, 3.05) is 0 Å². The molecule has 21 heavy (non-hydrogen) atoms. The molecule has 3 nitrogen and oxygen atoms in total. The predicted molar refractivity (Wildman–Crippen MR) is 77.1 cm³/mol. The molecule has 106 valence electrons. The number of halogens is 2. The minimum absolute atomic E-state index is 0.0787. The molecule has 0 atom stereocenters. The highest BCUT2D eigenvalue weighted by molar-refractivity contribution is 7.18. The van der Waals surface area contributed by atoms with E-state index in [9.17, 15) is 13.6 Å². The van der Waals surface area contributed by atoms with E-state index in [1.165, 1.54) is 17.4 Å². The summed E-state index contributed by atoms with van der Waals surface area (Å²) in [5.41, 5.74) is 0.953. The van der Waals surface area contributed by atoms with E-state index in [0.717, 1.165) is 27.4 Å². The maximum absolute atomic E-state index is 13.1. The summed E-state index contributed by atoms with van der Waals surface area (Å²) >= 11 is 1.48. The Morgan fingerprint density at radius 3 is 2.71 bits per heavy atom. The highest BCUT2D eigenvalue weighted by atomic mass is 32.1. The Bertz CT molecular complexity index is 783. The number of rotatable bonds is 3. The van der Waals surface area contributed by atoms with Crippen molar-refractivity contribution in [1.29, 1.82) is 0 Å². The van der Waals surface area contributed by atoms with Crippen LogP contribution in [0.5, 0.6) is 0 Å². The Balaban J connectivity index is 1.71. The molecule has 6 heteroatoms. The summed E-state index contributed by atoms with van der Waals surface area (Å²) < 4.78 is 26.9. The minimum atomic E-state index is -1.04. The number of fused-ring (bicyclic) bond motifs is 1. The molecule has 0 spiro atoms. The van der Waals surface area contributed by atoms with E-state index in [1.807, 2.05) is 24.3 Å². The van der Waals surface area contributed by atoms with Crippen molar-refractivity contribution < 1.29 is 13.6 Å². The van der Waals surface area contributed by atoms with Gasteiger partial charge in [-0.25, -0.2) is 13.8 Å². The van der Waals surface area contributed by atoms with Crippen LogP contribution in [0.25, 0.3) is 10.2 Å². The lowest BCUT2D eigenvalue weighted by Gasteiger charge is -2.03. The molecule has 1 aromatic heterocycles. The highest BCUT2D eigenvalue weighted by Crippen LogP contribution is 2.21. The second kappa shape index (κ2) is 5.57. The number of para-hydroxylation sites is 1. The molecule has 1 amide bonds. The number of nitrogens with zero attached hydrogens (tertiary/aromatic N) is 1. The lowest BCUT2D eigenvalue weighted by atomic mass is 10.2. The minimum Gasteiger partial charge on any atom is -0.346 e. The Morgan fingerprint density at radius 1 is 1.14 bits per heavy atom. The van der Waals surface area contributed by atoms with Crippen LogP contribution >= 0.6 is 11.3 Å². The van der Waals surface area contributed by atoms with Crippen LogP contribution in [-0.4, -0.2) is 10.9 Å². The van der Waals surface area contributed by atoms with Gasteiger partial charge >= 0.3 is 0 Å². The number of hydrogen-bond acceptors (Lipinski definition) is 3. The Morgan fingerprint density at radius 2 is 1.95 bits per heavy atom. The number of amides is 1. The van der Waals surface area contributed by atoms with Crippen LogP contribution in [0.2, 0.25) is 0 Å². The first-order chi connectivity index (χ1) is 10.1. The zero-order valence-corrected chi connectivity index (χ0v) is 11.6. The van der Waals surface area contributed by atoms with Crippen LogP contribution in [-0.2, 0) is 6.54 Å². The zero-order chi connectivity index (χ0) is 14.8. The SMILES string of the molecule is O=C(NCc1nc2ccccc2s1)c1ccc(F)c(F)c1. The molecule has 3 rings (SSSR count). The van der Waals surface area contributed by atoms with Crippen molar-refractivity contribution in [3.05, 3.63) is 64.7 Å². The van der Waals surface area contributed by atoms with Crippen LogP contribution in [0.3, 0.4) is 0 Å². The van der Waals surface area contributed by atoms with Gasteiger partial charge in [-0.2, -0.15) is 0 Å². The van der Waals surface area contributed by atoms with Gasteiger partial charge in [-0.1, -0.05) is 12.1 Å². The molecule has 0 saturated heterocycles. The number of carbonyl (C=O) groups is 1. The molecule has 1 heterocycles. The maximum Gasteiger partial charge on any atom is 0.251 e. The highest BCUT2D eigenvalue weighted by Gasteiger charge is 2.10. The summed E-state index contributed by atoms with van der Waals surface area (Å²) in [5.74, 6) is -2.48. The Kier molecular flexibility index (Phi) is 3.62.